The second-order valence-electron chi connectivity index (χ2n) is 3.53. The molecule has 1 rings (SSSR count). The Balaban J connectivity index is 2.65. The molecule has 0 amide bonds. The van der Waals surface area contributed by atoms with E-state index >= 15 is 0 Å². The van der Waals surface area contributed by atoms with Crippen molar-refractivity contribution >= 4 is 21.2 Å². The van der Waals surface area contributed by atoms with E-state index in [0.717, 1.165) is 5.69 Å². The van der Waals surface area contributed by atoms with E-state index in [4.69, 9.17) is 5.73 Å². The van der Waals surface area contributed by atoms with Gasteiger partial charge in [-0.1, -0.05) is 0 Å². The number of rotatable bonds is 4. The second kappa shape index (κ2) is 4.48. The molecule has 0 aliphatic heterocycles. The van der Waals surface area contributed by atoms with Crippen molar-refractivity contribution in [3.05, 3.63) is 18.5 Å². The van der Waals surface area contributed by atoms with Crippen LogP contribution in [0.25, 0.3) is 0 Å². The first-order valence-electron chi connectivity index (χ1n) is 4.48. The largest absolute Gasteiger partial charge is 0.397 e. The van der Waals surface area contributed by atoms with E-state index in [9.17, 15) is 8.42 Å². The number of aromatic nitrogens is 1. The van der Waals surface area contributed by atoms with Gasteiger partial charge in [0.1, 0.15) is 9.84 Å². The summed E-state index contributed by atoms with van der Waals surface area (Å²) in [6.07, 6.45) is 4.42. The maximum absolute atomic E-state index is 11.0. The van der Waals surface area contributed by atoms with Gasteiger partial charge in [0, 0.05) is 26.0 Å². The number of sulfone groups is 1. The van der Waals surface area contributed by atoms with Crippen molar-refractivity contribution in [1.82, 2.24) is 4.98 Å². The van der Waals surface area contributed by atoms with Crippen molar-refractivity contribution < 1.29 is 8.42 Å². The van der Waals surface area contributed by atoms with E-state index in [1.54, 1.807) is 18.5 Å². The summed E-state index contributed by atoms with van der Waals surface area (Å²) >= 11 is 0. The third-order valence-electron chi connectivity index (χ3n) is 1.98. The minimum absolute atomic E-state index is 0.123. The van der Waals surface area contributed by atoms with Crippen LogP contribution in [0, 0.1) is 0 Å². The standard InChI is InChI=1S/C9H15N3O2S/c1-12(3-4-15(2,13)14)9-5-8(10)6-11-7-9/h5-7H,3-4,10H2,1-2H3. The predicted molar refractivity (Wildman–Crippen MR) is 61.6 cm³/mol. The Kier molecular flexibility index (Phi) is 3.52. The average Bonchev–Trinajstić information content (AvgIpc) is 2.13. The van der Waals surface area contributed by atoms with Crippen LogP contribution in [0.1, 0.15) is 0 Å². The van der Waals surface area contributed by atoms with Crippen LogP contribution in [-0.4, -0.2) is 39.0 Å². The number of nitrogens with zero attached hydrogens (tertiary/aromatic N) is 2. The number of nitrogens with two attached hydrogens (primary N) is 1. The zero-order valence-electron chi connectivity index (χ0n) is 8.84. The monoisotopic (exact) mass is 229 g/mol. The number of hydrogen-bond donors (Lipinski definition) is 1. The highest BCUT2D eigenvalue weighted by Crippen LogP contribution is 2.13. The van der Waals surface area contributed by atoms with Crippen LogP contribution >= 0.6 is 0 Å². The topological polar surface area (TPSA) is 76.3 Å². The summed E-state index contributed by atoms with van der Waals surface area (Å²) in [7, 11) is -1.12. The number of nitrogen functional groups attached to an aromatic ring is 1. The zero-order valence-corrected chi connectivity index (χ0v) is 9.66. The molecule has 0 fully saturated rings. The van der Waals surface area contributed by atoms with Crippen LogP contribution in [0.2, 0.25) is 0 Å². The molecule has 0 unspecified atom stereocenters. The molecule has 1 aromatic rings. The number of pyridine rings is 1. The van der Waals surface area contributed by atoms with Gasteiger partial charge < -0.3 is 10.6 Å². The lowest BCUT2D eigenvalue weighted by Gasteiger charge is -2.18. The maximum atomic E-state index is 11.0. The van der Waals surface area contributed by atoms with Gasteiger partial charge in [0.25, 0.3) is 0 Å². The third-order valence-corrected chi connectivity index (χ3v) is 2.91. The van der Waals surface area contributed by atoms with Crippen molar-refractivity contribution in [2.75, 3.05) is 36.2 Å². The van der Waals surface area contributed by atoms with Crippen molar-refractivity contribution in [1.29, 1.82) is 0 Å². The Hall–Kier alpha value is -1.30. The molecule has 0 aliphatic rings. The molecular weight excluding hydrogens is 214 g/mol. The van der Waals surface area contributed by atoms with E-state index < -0.39 is 9.84 Å². The zero-order chi connectivity index (χ0) is 11.5. The van der Waals surface area contributed by atoms with Crippen molar-refractivity contribution in [3.63, 3.8) is 0 Å². The Morgan fingerprint density at radius 3 is 2.67 bits per heavy atom. The highest BCUT2D eigenvalue weighted by Gasteiger charge is 2.06. The summed E-state index contributed by atoms with van der Waals surface area (Å²) in [5, 5.41) is 0. The second-order valence-corrected chi connectivity index (χ2v) is 5.79. The summed E-state index contributed by atoms with van der Waals surface area (Å²) in [5.74, 6) is 0.123. The third kappa shape index (κ3) is 4.16. The minimum atomic E-state index is -2.93. The molecule has 0 spiro atoms. The summed E-state index contributed by atoms with van der Waals surface area (Å²) in [4.78, 5) is 5.74. The fourth-order valence-corrected chi connectivity index (χ4v) is 1.69. The SMILES string of the molecule is CN(CCS(C)(=O)=O)c1cncc(N)c1. The molecule has 1 heterocycles. The molecule has 0 saturated carbocycles. The van der Waals surface area contributed by atoms with E-state index in [-0.39, 0.29) is 5.75 Å². The van der Waals surface area contributed by atoms with Gasteiger partial charge in [0.15, 0.2) is 0 Å². The Morgan fingerprint density at radius 1 is 1.47 bits per heavy atom. The van der Waals surface area contributed by atoms with E-state index in [2.05, 4.69) is 4.98 Å². The predicted octanol–water partition coefficient (Wildman–Crippen LogP) is 0.145. The Bertz CT molecular complexity index is 431. The Morgan fingerprint density at radius 2 is 2.13 bits per heavy atom. The van der Waals surface area contributed by atoms with E-state index in [0.29, 0.717) is 12.2 Å². The van der Waals surface area contributed by atoms with Gasteiger partial charge in [-0.25, -0.2) is 8.42 Å². The van der Waals surface area contributed by atoms with Crippen LogP contribution in [-0.2, 0) is 9.84 Å². The molecule has 0 saturated heterocycles. The molecule has 0 aliphatic carbocycles. The highest BCUT2D eigenvalue weighted by atomic mass is 32.2. The lowest BCUT2D eigenvalue weighted by atomic mass is 10.3. The molecule has 15 heavy (non-hydrogen) atoms. The molecule has 0 atom stereocenters. The molecule has 0 aromatic carbocycles. The van der Waals surface area contributed by atoms with Crippen LogP contribution in [0.5, 0.6) is 0 Å². The number of hydrogen-bond acceptors (Lipinski definition) is 5. The lowest BCUT2D eigenvalue weighted by Crippen LogP contribution is -2.24. The normalized spacial score (nSPS) is 11.3. The minimum Gasteiger partial charge on any atom is -0.397 e. The fourth-order valence-electron chi connectivity index (χ4n) is 1.09. The van der Waals surface area contributed by atoms with Crippen LogP contribution in [0.3, 0.4) is 0 Å². The first kappa shape index (κ1) is 11.8. The van der Waals surface area contributed by atoms with Gasteiger partial charge in [0.2, 0.25) is 0 Å². The first-order chi connectivity index (χ1) is 6.88. The fraction of sp³-hybridized carbons (Fsp3) is 0.444. The van der Waals surface area contributed by atoms with Crippen LogP contribution < -0.4 is 10.6 Å². The van der Waals surface area contributed by atoms with Gasteiger partial charge >= 0.3 is 0 Å². The summed E-state index contributed by atoms with van der Waals surface area (Å²) in [6.45, 7) is 0.434. The van der Waals surface area contributed by atoms with E-state index in [1.165, 1.54) is 6.26 Å². The van der Waals surface area contributed by atoms with Crippen molar-refractivity contribution in [2.24, 2.45) is 0 Å². The maximum Gasteiger partial charge on any atom is 0.149 e. The molecule has 5 nitrogen and oxygen atoms in total. The van der Waals surface area contributed by atoms with Crippen LogP contribution in [0.15, 0.2) is 18.5 Å². The van der Waals surface area contributed by atoms with Gasteiger partial charge in [-0.3, -0.25) is 4.98 Å². The van der Waals surface area contributed by atoms with Crippen molar-refractivity contribution in [3.8, 4) is 0 Å². The average molecular weight is 229 g/mol. The summed E-state index contributed by atoms with van der Waals surface area (Å²) in [6, 6.07) is 1.76. The molecule has 0 radical (unpaired) electrons. The molecular formula is C9H15N3O2S. The van der Waals surface area contributed by atoms with Gasteiger partial charge in [-0.2, -0.15) is 0 Å². The molecule has 0 bridgehead atoms. The smallest absolute Gasteiger partial charge is 0.149 e. The highest BCUT2D eigenvalue weighted by molar-refractivity contribution is 7.90. The van der Waals surface area contributed by atoms with Gasteiger partial charge in [0.05, 0.1) is 23.3 Å². The molecule has 84 valence electrons. The van der Waals surface area contributed by atoms with E-state index in [1.807, 2.05) is 11.9 Å². The van der Waals surface area contributed by atoms with Gasteiger partial charge in [-0.05, 0) is 6.07 Å². The summed E-state index contributed by atoms with van der Waals surface area (Å²) in [5.41, 5.74) is 6.96. The molecule has 2 N–H and O–H groups in total. The first-order valence-corrected chi connectivity index (χ1v) is 6.54. The number of anilines is 2. The quantitative estimate of drug-likeness (QED) is 0.795. The molecule has 1 aromatic heterocycles. The van der Waals surface area contributed by atoms with Crippen LogP contribution in [0.4, 0.5) is 11.4 Å². The van der Waals surface area contributed by atoms with Gasteiger partial charge in [-0.15, -0.1) is 0 Å². The lowest BCUT2D eigenvalue weighted by molar-refractivity contribution is 0.601. The molecule has 6 heteroatoms. The van der Waals surface area contributed by atoms with Crippen molar-refractivity contribution in [2.45, 2.75) is 0 Å². The summed E-state index contributed by atoms with van der Waals surface area (Å²) < 4.78 is 21.9. The Labute approximate surface area is 89.8 Å².